The Kier molecular flexibility index (Phi) is 6.01. The summed E-state index contributed by atoms with van der Waals surface area (Å²) in [6.45, 7) is 6.41. The minimum Gasteiger partial charge on any atom is -0.376 e. The zero-order chi connectivity index (χ0) is 18.5. The van der Waals surface area contributed by atoms with Crippen LogP contribution in [0.25, 0.3) is 0 Å². The molecule has 1 aliphatic heterocycles. The molecule has 1 heterocycles. The maximum Gasteiger partial charge on any atom is 0.243 e. The molecule has 2 N–H and O–H groups in total. The van der Waals surface area contributed by atoms with Crippen LogP contribution in [-0.2, 0) is 4.79 Å². The van der Waals surface area contributed by atoms with E-state index in [2.05, 4.69) is 39.6 Å². The number of amides is 1. The number of benzene rings is 2. The van der Waals surface area contributed by atoms with E-state index >= 15 is 0 Å². The molecule has 1 amide bonds. The summed E-state index contributed by atoms with van der Waals surface area (Å²) in [4.78, 5) is 16.9. The molecule has 2 aromatic carbocycles. The van der Waals surface area contributed by atoms with Gasteiger partial charge in [-0.25, -0.2) is 0 Å². The van der Waals surface area contributed by atoms with Crippen LogP contribution in [0, 0.1) is 6.92 Å². The predicted molar refractivity (Wildman–Crippen MR) is 109 cm³/mol. The Morgan fingerprint density at radius 2 is 1.77 bits per heavy atom. The lowest BCUT2D eigenvalue weighted by Gasteiger charge is -2.34. The van der Waals surface area contributed by atoms with Crippen LogP contribution in [0.5, 0.6) is 0 Å². The molecule has 0 spiro atoms. The SMILES string of the molecule is Cc1ccc(Cl)cc1NC(=O)CNc1ccc(N2CCN(C)CC2)cc1. The fourth-order valence-electron chi connectivity index (χ4n) is 2.96. The molecule has 0 aliphatic carbocycles. The number of piperazine rings is 1. The first kappa shape index (κ1) is 18.5. The fraction of sp³-hybridized carbons (Fsp3) is 0.350. The van der Waals surface area contributed by atoms with Crippen molar-refractivity contribution in [3.63, 3.8) is 0 Å². The number of carbonyl (C=O) groups excluding carboxylic acids is 1. The second-order valence-electron chi connectivity index (χ2n) is 6.70. The number of hydrogen-bond donors (Lipinski definition) is 2. The van der Waals surface area contributed by atoms with Gasteiger partial charge in [-0.05, 0) is 55.9 Å². The van der Waals surface area contributed by atoms with Gasteiger partial charge < -0.3 is 20.4 Å². The van der Waals surface area contributed by atoms with Gasteiger partial charge in [0.1, 0.15) is 0 Å². The summed E-state index contributed by atoms with van der Waals surface area (Å²) in [6, 6.07) is 13.7. The quantitative estimate of drug-likeness (QED) is 0.844. The molecule has 1 aliphatic rings. The summed E-state index contributed by atoms with van der Waals surface area (Å²) in [5.41, 5.74) is 3.89. The first-order valence-electron chi connectivity index (χ1n) is 8.85. The second-order valence-corrected chi connectivity index (χ2v) is 7.13. The average Bonchev–Trinajstić information content (AvgIpc) is 2.64. The fourth-order valence-corrected chi connectivity index (χ4v) is 3.13. The van der Waals surface area contributed by atoms with E-state index in [9.17, 15) is 4.79 Å². The Balaban J connectivity index is 1.51. The van der Waals surface area contributed by atoms with Gasteiger partial charge >= 0.3 is 0 Å². The smallest absolute Gasteiger partial charge is 0.243 e. The molecule has 1 saturated heterocycles. The van der Waals surface area contributed by atoms with Crippen molar-refractivity contribution in [3.05, 3.63) is 53.1 Å². The summed E-state index contributed by atoms with van der Waals surface area (Å²) in [7, 11) is 2.15. The van der Waals surface area contributed by atoms with Crippen LogP contribution in [0.4, 0.5) is 17.1 Å². The molecule has 0 bridgehead atoms. The molecule has 5 nitrogen and oxygen atoms in total. The number of carbonyl (C=O) groups is 1. The van der Waals surface area contributed by atoms with Crippen LogP contribution in [0.2, 0.25) is 5.02 Å². The minimum atomic E-state index is -0.0986. The Labute approximate surface area is 159 Å². The molecule has 0 aromatic heterocycles. The zero-order valence-electron chi connectivity index (χ0n) is 15.3. The number of aryl methyl sites for hydroxylation is 1. The van der Waals surface area contributed by atoms with Gasteiger partial charge in [0, 0.05) is 48.3 Å². The molecule has 0 atom stereocenters. The van der Waals surface area contributed by atoms with Crippen LogP contribution < -0.4 is 15.5 Å². The number of hydrogen-bond acceptors (Lipinski definition) is 4. The molecule has 0 radical (unpaired) electrons. The van der Waals surface area contributed by atoms with Crippen molar-refractivity contribution in [1.29, 1.82) is 0 Å². The van der Waals surface area contributed by atoms with Crippen molar-refractivity contribution in [2.45, 2.75) is 6.92 Å². The number of nitrogens with zero attached hydrogens (tertiary/aromatic N) is 2. The van der Waals surface area contributed by atoms with E-state index in [1.807, 2.05) is 31.2 Å². The summed E-state index contributed by atoms with van der Waals surface area (Å²) < 4.78 is 0. The van der Waals surface area contributed by atoms with E-state index in [4.69, 9.17) is 11.6 Å². The number of rotatable bonds is 5. The van der Waals surface area contributed by atoms with E-state index < -0.39 is 0 Å². The van der Waals surface area contributed by atoms with Crippen molar-refractivity contribution in [2.75, 3.05) is 55.3 Å². The largest absolute Gasteiger partial charge is 0.376 e. The Morgan fingerprint density at radius 3 is 2.46 bits per heavy atom. The van der Waals surface area contributed by atoms with Gasteiger partial charge in [-0.2, -0.15) is 0 Å². The third-order valence-electron chi connectivity index (χ3n) is 4.66. The molecular formula is C20H25ClN4O. The first-order valence-corrected chi connectivity index (χ1v) is 9.22. The van der Waals surface area contributed by atoms with E-state index in [0.29, 0.717) is 5.02 Å². The highest BCUT2D eigenvalue weighted by atomic mass is 35.5. The second kappa shape index (κ2) is 8.43. The van der Waals surface area contributed by atoms with Crippen molar-refractivity contribution in [2.24, 2.45) is 0 Å². The van der Waals surface area contributed by atoms with E-state index in [0.717, 1.165) is 43.1 Å². The van der Waals surface area contributed by atoms with E-state index in [-0.39, 0.29) is 12.5 Å². The highest BCUT2D eigenvalue weighted by molar-refractivity contribution is 6.31. The minimum absolute atomic E-state index is 0.0986. The lowest BCUT2D eigenvalue weighted by Crippen LogP contribution is -2.44. The summed E-state index contributed by atoms with van der Waals surface area (Å²) in [5.74, 6) is -0.0986. The molecular weight excluding hydrogens is 348 g/mol. The third-order valence-corrected chi connectivity index (χ3v) is 4.90. The maximum atomic E-state index is 12.2. The first-order chi connectivity index (χ1) is 12.5. The Bertz CT molecular complexity index is 755. The van der Waals surface area contributed by atoms with Gasteiger partial charge in [0.2, 0.25) is 5.91 Å². The number of anilines is 3. The topological polar surface area (TPSA) is 47.6 Å². The lowest BCUT2D eigenvalue weighted by molar-refractivity contribution is -0.114. The lowest BCUT2D eigenvalue weighted by atomic mass is 10.2. The average molecular weight is 373 g/mol. The van der Waals surface area contributed by atoms with Crippen molar-refractivity contribution >= 4 is 34.6 Å². The summed E-state index contributed by atoms with van der Waals surface area (Å²) in [5, 5.41) is 6.66. The van der Waals surface area contributed by atoms with E-state index in [1.165, 1.54) is 5.69 Å². The summed E-state index contributed by atoms with van der Waals surface area (Å²) >= 11 is 5.99. The van der Waals surface area contributed by atoms with Crippen LogP contribution in [0.3, 0.4) is 0 Å². The highest BCUT2D eigenvalue weighted by Gasteiger charge is 2.14. The predicted octanol–water partition coefficient (Wildman–Crippen LogP) is 3.45. The Morgan fingerprint density at radius 1 is 1.08 bits per heavy atom. The number of nitrogens with one attached hydrogen (secondary N) is 2. The van der Waals surface area contributed by atoms with Crippen LogP contribution >= 0.6 is 11.6 Å². The molecule has 3 rings (SSSR count). The monoisotopic (exact) mass is 372 g/mol. The van der Waals surface area contributed by atoms with Crippen molar-refractivity contribution in [1.82, 2.24) is 4.90 Å². The molecule has 1 fully saturated rings. The molecule has 0 saturated carbocycles. The maximum absolute atomic E-state index is 12.2. The van der Waals surface area contributed by atoms with Gasteiger partial charge in [-0.15, -0.1) is 0 Å². The Hall–Kier alpha value is -2.24. The van der Waals surface area contributed by atoms with Crippen molar-refractivity contribution in [3.8, 4) is 0 Å². The van der Waals surface area contributed by atoms with Gasteiger partial charge in [0.25, 0.3) is 0 Å². The molecule has 6 heteroatoms. The van der Waals surface area contributed by atoms with Crippen molar-refractivity contribution < 1.29 is 4.79 Å². The van der Waals surface area contributed by atoms with Crippen LogP contribution in [-0.4, -0.2) is 50.6 Å². The molecule has 0 unspecified atom stereocenters. The van der Waals surface area contributed by atoms with Crippen LogP contribution in [0.1, 0.15) is 5.56 Å². The summed E-state index contributed by atoms with van der Waals surface area (Å²) in [6.07, 6.45) is 0. The van der Waals surface area contributed by atoms with Gasteiger partial charge in [-0.3, -0.25) is 4.79 Å². The van der Waals surface area contributed by atoms with Gasteiger partial charge in [0.05, 0.1) is 6.54 Å². The van der Waals surface area contributed by atoms with Gasteiger partial charge in [-0.1, -0.05) is 17.7 Å². The number of halogens is 1. The highest BCUT2D eigenvalue weighted by Crippen LogP contribution is 2.21. The normalized spacial score (nSPS) is 15.0. The molecule has 26 heavy (non-hydrogen) atoms. The standard InChI is InChI=1S/C20H25ClN4O/c1-15-3-4-16(21)13-19(15)23-20(26)14-22-17-5-7-18(8-6-17)25-11-9-24(2)10-12-25/h3-8,13,22H,9-12,14H2,1-2H3,(H,23,26). The zero-order valence-corrected chi connectivity index (χ0v) is 16.0. The van der Waals surface area contributed by atoms with Gasteiger partial charge in [0.15, 0.2) is 0 Å². The number of likely N-dealkylation sites (N-methyl/N-ethyl adjacent to an activating group) is 1. The molecule has 138 valence electrons. The van der Waals surface area contributed by atoms with E-state index in [1.54, 1.807) is 6.07 Å². The third kappa shape index (κ3) is 4.90. The molecule has 2 aromatic rings. The van der Waals surface area contributed by atoms with Crippen LogP contribution in [0.15, 0.2) is 42.5 Å².